The van der Waals surface area contributed by atoms with E-state index < -0.39 is 10.0 Å². The van der Waals surface area contributed by atoms with Crippen LogP contribution in [0.5, 0.6) is 11.5 Å². The zero-order chi connectivity index (χ0) is 27.3. The van der Waals surface area contributed by atoms with Crippen LogP contribution in [0.2, 0.25) is 0 Å². The van der Waals surface area contributed by atoms with Gasteiger partial charge in [0.15, 0.2) is 17.1 Å². The van der Waals surface area contributed by atoms with Crippen LogP contribution in [0.25, 0.3) is 16.9 Å². The van der Waals surface area contributed by atoms with Gasteiger partial charge in [-0.3, -0.25) is 0 Å². The molecule has 1 saturated carbocycles. The maximum Gasteiger partial charge on any atom is 0.240 e. The molecule has 1 atom stereocenters. The molecule has 2 aromatic carbocycles. The van der Waals surface area contributed by atoms with Gasteiger partial charge in [0.2, 0.25) is 10.0 Å². The van der Waals surface area contributed by atoms with E-state index in [0.717, 1.165) is 34.0 Å². The molecule has 9 nitrogen and oxygen atoms in total. The van der Waals surface area contributed by atoms with Gasteiger partial charge in [-0.25, -0.2) is 22.6 Å². The zero-order valence-corrected chi connectivity index (χ0v) is 23.5. The lowest BCUT2D eigenvalue weighted by atomic mass is 10.1. The van der Waals surface area contributed by atoms with Crippen molar-refractivity contribution in [2.24, 2.45) is 0 Å². The molecule has 1 aliphatic carbocycles. The fraction of sp³-hybridized carbons (Fsp3) is 0.379. The molecule has 2 aromatic heterocycles. The predicted octanol–water partition coefficient (Wildman–Crippen LogP) is 4.46. The van der Waals surface area contributed by atoms with Gasteiger partial charge in [-0.05, 0) is 81.0 Å². The summed E-state index contributed by atoms with van der Waals surface area (Å²) < 4.78 is 42.0. The number of hydrogen-bond acceptors (Lipinski definition) is 7. The minimum atomic E-state index is -3.61. The van der Waals surface area contributed by atoms with E-state index in [4.69, 9.17) is 19.6 Å². The van der Waals surface area contributed by atoms with Crippen molar-refractivity contribution in [1.29, 1.82) is 0 Å². The summed E-state index contributed by atoms with van der Waals surface area (Å²) in [5.41, 5.74) is 6.38. The van der Waals surface area contributed by atoms with Gasteiger partial charge in [-0.1, -0.05) is 12.1 Å². The number of nitrogens with zero attached hydrogens (tertiary/aromatic N) is 4. The Morgan fingerprint density at radius 1 is 0.949 bits per heavy atom. The van der Waals surface area contributed by atoms with E-state index in [2.05, 4.69) is 9.62 Å². The van der Waals surface area contributed by atoms with Crippen LogP contribution in [0.4, 0.5) is 5.69 Å². The minimum absolute atomic E-state index is 0.201. The van der Waals surface area contributed by atoms with Gasteiger partial charge in [0, 0.05) is 24.7 Å². The molecule has 2 aliphatic rings. The largest absolute Gasteiger partial charge is 0.493 e. The summed E-state index contributed by atoms with van der Waals surface area (Å²) >= 11 is 0. The minimum Gasteiger partial charge on any atom is -0.493 e. The van der Waals surface area contributed by atoms with Crippen molar-refractivity contribution in [2.45, 2.75) is 50.0 Å². The summed E-state index contributed by atoms with van der Waals surface area (Å²) in [6.45, 7) is 5.19. The highest BCUT2D eigenvalue weighted by Crippen LogP contribution is 2.40. The molecule has 1 saturated heterocycles. The van der Waals surface area contributed by atoms with Crippen LogP contribution in [0.15, 0.2) is 53.4 Å². The number of methoxy groups -OCH3 is 2. The van der Waals surface area contributed by atoms with Crippen molar-refractivity contribution >= 4 is 21.4 Å². The Morgan fingerprint density at radius 2 is 1.69 bits per heavy atom. The van der Waals surface area contributed by atoms with E-state index in [-0.39, 0.29) is 6.04 Å². The van der Waals surface area contributed by atoms with Gasteiger partial charge in [0.05, 0.1) is 41.9 Å². The summed E-state index contributed by atoms with van der Waals surface area (Å²) in [4.78, 5) is 7.40. The molecule has 0 spiro atoms. The third-order valence-corrected chi connectivity index (χ3v) is 9.14. The van der Waals surface area contributed by atoms with Crippen molar-refractivity contribution in [3.8, 4) is 22.8 Å². The average Bonchev–Trinajstić information content (AvgIpc) is 3.59. The van der Waals surface area contributed by atoms with E-state index in [1.807, 2.05) is 54.8 Å². The van der Waals surface area contributed by atoms with Crippen molar-refractivity contribution < 1.29 is 17.9 Å². The molecule has 2 fully saturated rings. The Balaban J connectivity index is 1.27. The monoisotopic (exact) mass is 547 g/mol. The maximum atomic E-state index is 13.1. The van der Waals surface area contributed by atoms with Crippen LogP contribution in [0, 0.1) is 13.8 Å². The number of fused-ring (bicyclic) bond motifs is 1. The molecular formula is C29H33N5O4S. The molecule has 39 heavy (non-hydrogen) atoms. The molecule has 0 radical (unpaired) electrons. The fourth-order valence-corrected chi connectivity index (χ4v) is 6.74. The first kappa shape index (κ1) is 25.6. The number of nitrogens with one attached hydrogen (secondary N) is 1. The van der Waals surface area contributed by atoms with E-state index in [1.54, 1.807) is 26.4 Å². The third kappa shape index (κ3) is 4.83. The van der Waals surface area contributed by atoms with Gasteiger partial charge >= 0.3 is 0 Å². The first-order valence-corrected chi connectivity index (χ1v) is 14.7. The van der Waals surface area contributed by atoms with E-state index in [9.17, 15) is 8.42 Å². The Labute approximate surface area is 228 Å². The Hall–Kier alpha value is -3.63. The number of rotatable bonds is 8. The van der Waals surface area contributed by atoms with Gasteiger partial charge in [0.25, 0.3) is 0 Å². The molecule has 0 bridgehead atoms. The van der Waals surface area contributed by atoms with Gasteiger partial charge in [0.1, 0.15) is 0 Å². The summed E-state index contributed by atoms with van der Waals surface area (Å²) in [6, 6.07) is 14.9. The van der Waals surface area contributed by atoms with Gasteiger partial charge < -0.3 is 14.4 Å². The molecule has 6 rings (SSSR count). The van der Waals surface area contributed by atoms with E-state index in [0.29, 0.717) is 41.8 Å². The van der Waals surface area contributed by atoms with Crippen LogP contribution < -0.4 is 19.1 Å². The van der Waals surface area contributed by atoms with Crippen LogP contribution >= 0.6 is 0 Å². The number of ether oxygens (including phenoxy) is 2. The zero-order valence-electron chi connectivity index (χ0n) is 22.6. The lowest BCUT2D eigenvalue weighted by molar-refractivity contribution is 0.355. The second kappa shape index (κ2) is 9.84. The van der Waals surface area contributed by atoms with Crippen LogP contribution in [-0.4, -0.2) is 56.4 Å². The van der Waals surface area contributed by atoms with Crippen LogP contribution in [0.3, 0.4) is 0 Å². The van der Waals surface area contributed by atoms with Crippen LogP contribution in [0.1, 0.15) is 42.1 Å². The highest BCUT2D eigenvalue weighted by molar-refractivity contribution is 7.89. The Bertz CT molecular complexity index is 1640. The van der Waals surface area contributed by atoms with Crippen molar-refractivity contribution in [3.05, 3.63) is 65.5 Å². The second-order valence-electron chi connectivity index (χ2n) is 10.4. The number of benzene rings is 2. The van der Waals surface area contributed by atoms with E-state index in [1.165, 1.54) is 18.4 Å². The first-order chi connectivity index (χ1) is 18.8. The molecule has 10 heteroatoms. The predicted molar refractivity (Wildman–Crippen MR) is 150 cm³/mol. The first-order valence-electron chi connectivity index (χ1n) is 13.2. The second-order valence-corrected chi connectivity index (χ2v) is 12.1. The highest BCUT2D eigenvalue weighted by Gasteiger charge is 2.30. The molecule has 204 valence electrons. The lowest BCUT2D eigenvalue weighted by Gasteiger charge is -2.20. The summed E-state index contributed by atoms with van der Waals surface area (Å²) in [5, 5.41) is 4.79. The Morgan fingerprint density at radius 3 is 2.38 bits per heavy atom. The third-order valence-electron chi connectivity index (χ3n) is 7.61. The molecule has 4 aromatic rings. The van der Waals surface area contributed by atoms with E-state index >= 15 is 0 Å². The normalized spacial score (nSPS) is 17.6. The SMILES string of the molecule is COc1ccc(-c2c(C)nc3c(N4CC[C@@H](NS(=O)(=O)c5ccc(C6CC6)cc5)C4)cc(C)nn23)cc1OC. The molecule has 1 N–H and O–H groups in total. The number of aromatic nitrogens is 3. The van der Waals surface area contributed by atoms with Gasteiger partial charge in [-0.2, -0.15) is 5.10 Å². The highest BCUT2D eigenvalue weighted by atomic mass is 32.2. The topological polar surface area (TPSA) is 98.1 Å². The molecule has 1 aliphatic heterocycles. The number of aryl methyl sites for hydroxylation is 2. The fourth-order valence-electron chi connectivity index (χ4n) is 5.48. The lowest BCUT2D eigenvalue weighted by Crippen LogP contribution is -2.37. The maximum absolute atomic E-state index is 13.1. The number of anilines is 1. The Kier molecular flexibility index (Phi) is 6.47. The molecule has 3 heterocycles. The van der Waals surface area contributed by atoms with Crippen molar-refractivity contribution in [1.82, 2.24) is 19.3 Å². The summed E-state index contributed by atoms with van der Waals surface area (Å²) in [7, 11) is -0.376. The average molecular weight is 548 g/mol. The van der Waals surface area contributed by atoms with Crippen molar-refractivity contribution in [3.63, 3.8) is 0 Å². The summed E-state index contributed by atoms with van der Waals surface area (Å²) in [6.07, 6.45) is 3.08. The van der Waals surface area contributed by atoms with Gasteiger partial charge in [-0.15, -0.1) is 0 Å². The quantitative estimate of drug-likeness (QED) is 0.348. The molecule has 0 unspecified atom stereocenters. The van der Waals surface area contributed by atoms with Crippen LogP contribution in [-0.2, 0) is 10.0 Å². The smallest absolute Gasteiger partial charge is 0.240 e. The standard InChI is InChI=1S/C29H33N5O4S/c1-18-15-25(29-30-19(2)28(34(29)31-18)22-9-12-26(37-3)27(16-22)38-4)33-14-13-23(17-33)32-39(35,36)24-10-7-21(8-11-24)20-5-6-20/h7-12,15-16,20,23,32H,5-6,13-14,17H2,1-4H3/t23-/m1/s1. The summed E-state index contributed by atoms with van der Waals surface area (Å²) in [5.74, 6) is 1.88. The van der Waals surface area contributed by atoms with Crippen molar-refractivity contribution in [2.75, 3.05) is 32.2 Å². The number of hydrogen-bond donors (Lipinski definition) is 1. The number of imidazole rings is 1. The number of sulfonamides is 1. The molecule has 0 amide bonds. The molecular weight excluding hydrogens is 514 g/mol.